The van der Waals surface area contributed by atoms with Crippen LogP contribution in [0, 0.1) is 5.92 Å². The smallest absolute Gasteiger partial charge is 0.234 e. The highest BCUT2D eigenvalue weighted by atomic mass is 16.5. The highest BCUT2D eigenvalue weighted by Gasteiger charge is 2.29. The molecule has 0 spiro atoms. The second-order valence-corrected chi connectivity index (χ2v) is 6.17. The number of hydrogen-bond donors (Lipinski definition) is 2. The van der Waals surface area contributed by atoms with E-state index in [4.69, 9.17) is 15.2 Å². The molecule has 0 amide bonds. The van der Waals surface area contributed by atoms with E-state index < -0.39 is 0 Å². The van der Waals surface area contributed by atoms with Gasteiger partial charge in [-0.25, -0.2) is 9.97 Å². The number of nitrogens with zero attached hydrogens (tertiary/aromatic N) is 3. The number of likely N-dealkylation sites (tertiary alicyclic amines) is 1. The summed E-state index contributed by atoms with van der Waals surface area (Å²) in [6.07, 6.45) is 2.31. The topological polar surface area (TPSA) is 93.7 Å². The van der Waals surface area contributed by atoms with Crippen molar-refractivity contribution in [2.45, 2.75) is 25.6 Å². The number of rotatable bonds is 5. The zero-order valence-corrected chi connectivity index (χ0v) is 14.1. The lowest BCUT2D eigenvalue weighted by Crippen LogP contribution is -2.52. The van der Waals surface area contributed by atoms with Crippen molar-refractivity contribution < 1.29 is 14.6 Å². The molecule has 1 fully saturated rings. The van der Waals surface area contributed by atoms with Gasteiger partial charge in [-0.1, -0.05) is 0 Å². The quantitative estimate of drug-likeness (QED) is 0.844. The first kappa shape index (κ1) is 16.9. The minimum Gasteiger partial charge on any atom is -0.497 e. The van der Waals surface area contributed by atoms with E-state index in [-0.39, 0.29) is 24.8 Å². The van der Waals surface area contributed by atoms with E-state index in [2.05, 4.69) is 14.9 Å². The Morgan fingerprint density at radius 2 is 2.25 bits per heavy atom. The number of piperidine rings is 1. The van der Waals surface area contributed by atoms with E-state index in [1.165, 1.54) is 0 Å². The number of methoxy groups -OCH3 is 1. The van der Waals surface area contributed by atoms with Crippen LogP contribution in [0.1, 0.15) is 13.3 Å². The Morgan fingerprint density at radius 1 is 1.42 bits per heavy atom. The summed E-state index contributed by atoms with van der Waals surface area (Å²) < 4.78 is 11.2. The van der Waals surface area contributed by atoms with Crippen molar-refractivity contribution in [1.82, 2.24) is 14.9 Å². The second-order valence-electron chi connectivity index (χ2n) is 6.17. The van der Waals surface area contributed by atoms with Gasteiger partial charge in [-0.2, -0.15) is 0 Å². The molecule has 3 rings (SSSR count). The molecule has 3 N–H and O–H groups in total. The van der Waals surface area contributed by atoms with Gasteiger partial charge < -0.3 is 20.3 Å². The van der Waals surface area contributed by atoms with Gasteiger partial charge in [0.1, 0.15) is 5.75 Å². The molecule has 3 atom stereocenters. The predicted molar refractivity (Wildman–Crippen MR) is 90.9 cm³/mol. The maximum atomic E-state index is 9.44. The molecule has 2 aromatic rings. The molecule has 1 aromatic carbocycles. The maximum Gasteiger partial charge on any atom is 0.234 e. The summed E-state index contributed by atoms with van der Waals surface area (Å²) in [6.45, 7) is 3.63. The van der Waals surface area contributed by atoms with Gasteiger partial charge in [0.25, 0.3) is 0 Å². The van der Waals surface area contributed by atoms with Gasteiger partial charge >= 0.3 is 0 Å². The van der Waals surface area contributed by atoms with E-state index >= 15 is 0 Å². The van der Waals surface area contributed by atoms with Crippen molar-refractivity contribution in [1.29, 1.82) is 0 Å². The summed E-state index contributed by atoms with van der Waals surface area (Å²) in [5.41, 5.74) is 7.55. The third kappa shape index (κ3) is 3.58. The van der Waals surface area contributed by atoms with E-state index in [0.717, 1.165) is 29.7 Å². The fourth-order valence-electron chi connectivity index (χ4n) is 3.01. The summed E-state index contributed by atoms with van der Waals surface area (Å²) in [4.78, 5) is 11.1. The third-order valence-electron chi connectivity index (χ3n) is 4.59. The molecule has 0 aliphatic carbocycles. The Labute approximate surface area is 141 Å². The molecule has 3 unspecified atom stereocenters. The van der Waals surface area contributed by atoms with Gasteiger partial charge in [-0.15, -0.1) is 0 Å². The van der Waals surface area contributed by atoms with Crippen LogP contribution < -0.4 is 15.2 Å². The number of fused-ring (bicyclic) bond motifs is 1. The standard InChI is InChI=1S/C17H24N4O3/c1-11(21-6-5-14(18)12(9-21)10-22)24-17-8-19-15-4-3-13(23-2)7-16(15)20-17/h3-4,7-8,11-12,14,22H,5-6,9-10,18H2,1-2H3. The molecular formula is C17H24N4O3. The number of nitrogens with two attached hydrogens (primary N) is 1. The monoisotopic (exact) mass is 332 g/mol. The summed E-state index contributed by atoms with van der Waals surface area (Å²) in [5, 5.41) is 9.44. The zero-order valence-electron chi connectivity index (χ0n) is 14.1. The number of aliphatic hydroxyl groups excluding tert-OH is 1. The van der Waals surface area contributed by atoms with E-state index in [0.29, 0.717) is 12.4 Å². The molecule has 1 aliphatic heterocycles. The van der Waals surface area contributed by atoms with Crippen LogP contribution in [0.3, 0.4) is 0 Å². The van der Waals surface area contributed by atoms with Crippen molar-refractivity contribution in [2.24, 2.45) is 11.7 Å². The van der Waals surface area contributed by atoms with E-state index in [9.17, 15) is 5.11 Å². The first-order valence-electron chi connectivity index (χ1n) is 8.18. The van der Waals surface area contributed by atoms with E-state index in [1.54, 1.807) is 13.3 Å². The molecule has 130 valence electrons. The normalized spacial score (nSPS) is 23.2. The van der Waals surface area contributed by atoms with Crippen LogP contribution in [0.5, 0.6) is 11.6 Å². The minimum absolute atomic E-state index is 0.0476. The highest BCUT2D eigenvalue weighted by Crippen LogP contribution is 2.22. The molecule has 24 heavy (non-hydrogen) atoms. The number of aromatic nitrogens is 2. The van der Waals surface area contributed by atoms with Gasteiger partial charge in [-0.3, -0.25) is 4.90 Å². The molecule has 1 saturated heterocycles. The minimum atomic E-state index is -0.163. The molecule has 7 nitrogen and oxygen atoms in total. The molecule has 2 heterocycles. The van der Waals surface area contributed by atoms with Crippen molar-refractivity contribution in [2.75, 3.05) is 26.8 Å². The summed E-state index contributed by atoms with van der Waals surface area (Å²) in [5.74, 6) is 1.29. The Bertz CT molecular complexity index is 697. The van der Waals surface area contributed by atoms with Crippen molar-refractivity contribution in [3.8, 4) is 11.6 Å². The lowest BCUT2D eigenvalue weighted by Gasteiger charge is -2.38. The molecule has 0 saturated carbocycles. The van der Waals surface area contributed by atoms with Gasteiger partial charge in [-0.05, 0) is 25.5 Å². The molecule has 0 bridgehead atoms. The summed E-state index contributed by atoms with van der Waals surface area (Å²) >= 11 is 0. The predicted octanol–water partition coefficient (Wildman–Crippen LogP) is 1.00. The lowest BCUT2D eigenvalue weighted by atomic mass is 9.93. The van der Waals surface area contributed by atoms with Crippen LogP contribution in [-0.2, 0) is 0 Å². The Balaban J connectivity index is 1.71. The zero-order chi connectivity index (χ0) is 17.1. The maximum absolute atomic E-state index is 9.44. The number of benzene rings is 1. The third-order valence-corrected chi connectivity index (χ3v) is 4.59. The molecule has 7 heteroatoms. The van der Waals surface area contributed by atoms with Crippen molar-refractivity contribution >= 4 is 11.0 Å². The lowest BCUT2D eigenvalue weighted by molar-refractivity contribution is -0.00873. The summed E-state index contributed by atoms with van der Waals surface area (Å²) in [7, 11) is 1.62. The largest absolute Gasteiger partial charge is 0.497 e. The Kier molecular flexibility index (Phi) is 5.13. The van der Waals surface area contributed by atoms with Crippen LogP contribution in [0.25, 0.3) is 11.0 Å². The van der Waals surface area contributed by atoms with Gasteiger partial charge in [0, 0.05) is 37.7 Å². The van der Waals surface area contributed by atoms with Crippen LogP contribution >= 0.6 is 0 Å². The van der Waals surface area contributed by atoms with Crippen LogP contribution in [-0.4, -0.2) is 59.1 Å². The fraction of sp³-hybridized carbons (Fsp3) is 0.529. The molecule has 0 radical (unpaired) electrons. The van der Waals surface area contributed by atoms with Crippen LogP contribution in [0.4, 0.5) is 0 Å². The van der Waals surface area contributed by atoms with Gasteiger partial charge in [0.15, 0.2) is 6.23 Å². The van der Waals surface area contributed by atoms with Crippen LogP contribution in [0.15, 0.2) is 24.4 Å². The average molecular weight is 332 g/mol. The van der Waals surface area contributed by atoms with Gasteiger partial charge in [0.05, 0.1) is 24.3 Å². The average Bonchev–Trinajstić information content (AvgIpc) is 2.61. The van der Waals surface area contributed by atoms with Crippen molar-refractivity contribution in [3.05, 3.63) is 24.4 Å². The Hall–Kier alpha value is -1.96. The van der Waals surface area contributed by atoms with Gasteiger partial charge in [0.2, 0.25) is 5.88 Å². The number of ether oxygens (including phenoxy) is 2. The molecule has 1 aromatic heterocycles. The highest BCUT2D eigenvalue weighted by molar-refractivity contribution is 5.76. The number of aliphatic hydroxyl groups is 1. The molecular weight excluding hydrogens is 308 g/mol. The molecule has 1 aliphatic rings. The first-order chi connectivity index (χ1) is 11.6. The summed E-state index contributed by atoms with van der Waals surface area (Å²) in [6, 6.07) is 5.60. The van der Waals surface area contributed by atoms with E-state index in [1.807, 2.05) is 25.1 Å². The van der Waals surface area contributed by atoms with Crippen LogP contribution in [0.2, 0.25) is 0 Å². The fourth-order valence-corrected chi connectivity index (χ4v) is 3.01. The second kappa shape index (κ2) is 7.29. The SMILES string of the molecule is COc1ccc2ncc(OC(C)N3CCC(N)C(CO)C3)nc2c1. The Morgan fingerprint density at radius 3 is 3.00 bits per heavy atom. The number of hydrogen-bond acceptors (Lipinski definition) is 7. The van der Waals surface area contributed by atoms with Crippen molar-refractivity contribution in [3.63, 3.8) is 0 Å². The first-order valence-corrected chi connectivity index (χ1v) is 8.18.